The van der Waals surface area contributed by atoms with Crippen LogP contribution in [0.25, 0.3) is 0 Å². The number of benzene rings is 1. The zero-order valence-corrected chi connectivity index (χ0v) is 12.0. The number of hydrogen-bond donors (Lipinski definition) is 1. The molecule has 1 unspecified atom stereocenters. The number of hydrogen-bond acceptors (Lipinski definition) is 3. The fourth-order valence-corrected chi connectivity index (χ4v) is 2.90. The highest BCUT2D eigenvalue weighted by molar-refractivity contribution is 5.43. The number of likely N-dealkylation sites (tertiary alicyclic amines) is 1. The predicted octanol–water partition coefficient (Wildman–Crippen LogP) is 2.50. The van der Waals surface area contributed by atoms with Gasteiger partial charge in [-0.2, -0.15) is 5.10 Å². The van der Waals surface area contributed by atoms with Crippen LogP contribution in [0.1, 0.15) is 18.4 Å². The summed E-state index contributed by atoms with van der Waals surface area (Å²) in [6.07, 6.45) is 6.58. The van der Waals surface area contributed by atoms with Crippen LogP contribution in [0.3, 0.4) is 0 Å². The van der Waals surface area contributed by atoms with E-state index >= 15 is 0 Å². The molecular formula is C16H22N4. The second-order valence-electron chi connectivity index (χ2n) is 5.61. The molecule has 0 spiro atoms. The van der Waals surface area contributed by atoms with E-state index in [1.807, 2.05) is 17.9 Å². The standard InChI is InChI=1S/C16H22N4/c1-19-11-14(10-17-19)12-20-9-5-8-16(13-20)18-15-6-3-2-4-7-15/h2-4,6-7,10-11,16,18H,5,8-9,12-13H2,1H3. The zero-order valence-electron chi connectivity index (χ0n) is 12.0. The fourth-order valence-electron chi connectivity index (χ4n) is 2.90. The van der Waals surface area contributed by atoms with Gasteiger partial charge in [0.05, 0.1) is 6.20 Å². The van der Waals surface area contributed by atoms with Gasteiger partial charge < -0.3 is 5.32 Å². The first-order valence-electron chi connectivity index (χ1n) is 7.31. The lowest BCUT2D eigenvalue weighted by atomic mass is 10.0. The van der Waals surface area contributed by atoms with Crippen LogP contribution in [-0.4, -0.2) is 33.8 Å². The van der Waals surface area contributed by atoms with E-state index in [-0.39, 0.29) is 0 Å². The van der Waals surface area contributed by atoms with E-state index in [0.717, 1.165) is 13.1 Å². The van der Waals surface area contributed by atoms with Crippen molar-refractivity contribution < 1.29 is 0 Å². The van der Waals surface area contributed by atoms with Gasteiger partial charge in [0.15, 0.2) is 0 Å². The van der Waals surface area contributed by atoms with Gasteiger partial charge in [-0.1, -0.05) is 18.2 Å². The Morgan fingerprint density at radius 3 is 2.90 bits per heavy atom. The van der Waals surface area contributed by atoms with E-state index in [1.54, 1.807) is 0 Å². The maximum Gasteiger partial charge on any atom is 0.0534 e. The summed E-state index contributed by atoms with van der Waals surface area (Å²) in [4.78, 5) is 2.51. The van der Waals surface area contributed by atoms with Gasteiger partial charge in [-0.15, -0.1) is 0 Å². The number of nitrogens with zero attached hydrogens (tertiary/aromatic N) is 3. The molecule has 1 N–H and O–H groups in total. The molecule has 1 aromatic heterocycles. The van der Waals surface area contributed by atoms with Crippen molar-refractivity contribution in [3.63, 3.8) is 0 Å². The van der Waals surface area contributed by atoms with E-state index < -0.39 is 0 Å². The molecule has 0 amide bonds. The lowest BCUT2D eigenvalue weighted by molar-refractivity contribution is 0.208. The molecule has 0 saturated carbocycles. The first-order valence-corrected chi connectivity index (χ1v) is 7.31. The number of aryl methyl sites for hydroxylation is 1. The van der Waals surface area contributed by atoms with Crippen LogP contribution >= 0.6 is 0 Å². The molecule has 1 aliphatic heterocycles. The second kappa shape index (κ2) is 6.09. The molecule has 1 atom stereocenters. The van der Waals surface area contributed by atoms with Crippen LogP contribution in [0, 0.1) is 0 Å². The molecule has 2 heterocycles. The molecule has 1 aliphatic rings. The van der Waals surface area contributed by atoms with Gasteiger partial charge in [-0.25, -0.2) is 0 Å². The van der Waals surface area contributed by atoms with Crippen molar-refractivity contribution >= 4 is 5.69 Å². The Labute approximate surface area is 120 Å². The number of nitrogens with one attached hydrogen (secondary N) is 1. The van der Waals surface area contributed by atoms with Crippen molar-refractivity contribution in [2.45, 2.75) is 25.4 Å². The Kier molecular flexibility index (Phi) is 4.02. The Bertz CT molecular complexity index is 534. The van der Waals surface area contributed by atoms with Gasteiger partial charge in [0.2, 0.25) is 0 Å². The molecule has 2 aromatic rings. The van der Waals surface area contributed by atoms with Crippen molar-refractivity contribution in [2.75, 3.05) is 18.4 Å². The molecule has 0 aliphatic carbocycles. The molecule has 4 nitrogen and oxygen atoms in total. The molecule has 106 valence electrons. The summed E-state index contributed by atoms with van der Waals surface area (Å²) in [5, 5.41) is 7.88. The minimum Gasteiger partial charge on any atom is -0.381 e. The van der Waals surface area contributed by atoms with Crippen LogP contribution in [0.5, 0.6) is 0 Å². The summed E-state index contributed by atoms with van der Waals surface area (Å²) in [7, 11) is 1.97. The van der Waals surface area contributed by atoms with Crippen LogP contribution < -0.4 is 5.32 Å². The quantitative estimate of drug-likeness (QED) is 0.926. The molecule has 20 heavy (non-hydrogen) atoms. The molecule has 4 heteroatoms. The highest BCUT2D eigenvalue weighted by Crippen LogP contribution is 2.17. The topological polar surface area (TPSA) is 33.1 Å². The van der Waals surface area contributed by atoms with Gasteiger partial charge in [0.1, 0.15) is 0 Å². The number of rotatable bonds is 4. The van der Waals surface area contributed by atoms with E-state index in [1.165, 1.54) is 30.6 Å². The first kappa shape index (κ1) is 13.2. The summed E-state index contributed by atoms with van der Waals surface area (Å²) in [6, 6.07) is 11.0. The third kappa shape index (κ3) is 3.39. The lowest BCUT2D eigenvalue weighted by Gasteiger charge is -2.33. The maximum absolute atomic E-state index is 4.24. The van der Waals surface area contributed by atoms with E-state index in [9.17, 15) is 0 Å². The van der Waals surface area contributed by atoms with Crippen molar-refractivity contribution in [1.29, 1.82) is 0 Å². The highest BCUT2D eigenvalue weighted by Gasteiger charge is 2.20. The third-order valence-corrected chi connectivity index (χ3v) is 3.81. The number of aromatic nitrogens is 2. The highest BCUT2D eigenvalue weighted by atomic mass is 15.2. The number of piperidine rings is 1. The Morgan fingerprint density at radius 1 is 1.30 bits per heavy atom. The van der Waals surface area contributed by atoms with Gasteiger partial charge in [0.25, 0.3) is 0 Å². The molecule has 1 saturated heterocycles. The smallest absolute Gasteiger partial charge is 0.0534 e. The van der Waals surface area contributed by atoms with Crippen LogP contribution in [0.15, 0.2) is 42.7 Å². The number of anilines is 1. The van der Waals surface area contributed by atoms with Gasteiger partial charge in [-0.3, -0.25) is 9.58 Å². The summed E-state index contributed by atoms with van der Waals surface area (Å²) < 4.78 is 1.87. The van der Waals surface area contributed by atoms with Gasteiger partial charge >= 0.3 is 0 Å². The molecule has 0 radical (unpaired) electrons. The second-order valence-corrected chi connectivity index (χ2v) is 5.61. The monoisotopic (exact) mass is 270 g/mol. The summed E-state index contributed by atoms with van der Waals surface area (Å²) >= 11 is 0. The third-order valence-electron chi connectivity index (χ3n) is 3.81. The maximum atomic E-state index is 4.24. The van der Waals surface area contributed by atoms with Crippen LogP contribution in [0.2, 0.25) is 0 Å². The largest absolute Gasteiger partial charge is 0.381 e. The average molecular weight is 270 g/mol. The van der Waals surface area contributed by atoms with Gasteiger partial charge in [-0.05, 0) is 31.5 Å². The normalized spacial score (nSPS) is 19.9. The Hall–Kier alpha value is -1.81. The summed E-state index contributed by atoms with van der Waals surface area (Å²) in [5.41, 5.74) is 2.52. The summed E-state index contributed by atoms with van der Waals surface area (Å²) in [5.74, 6) is 0. The fraction of sp³-hybridized carbons (Fsp3) is 0.438. The first-order chi connectivity index (χ1) is 9.79. The van der Waals surface area contributed by atoms with Crippen molar-refractivity contribution in [2.24, 2.45) is 7.05 Å². The van der Waals surface area contributed by atoms with Crippen molar-refractivity contribution in [3.05, 3.63) is 48.3 Å². The van der Waals surface area contributed by atoms with E-state index in [4.69, 9.17) is 0 Å². The lowest BCUT2D eigenvalue weighted by Crippen LogP contribution is -2.41. The molecule has 1 aromatic carbocycles. The Balaban J connectivity index is 1.56. The van der Waals surface area contributed by atoms with E-state index in [0.29, 0.717) is 6.04 Å². The number of para-hydroxylation sites is 1. The Morgan fingerprint density at radius 2 is 2.15 bits per heavy atom. The minimum absolute atomic E-state index is 0.544. The minimum atomic E-state index is 0.544. The molecule has 0 bridgehead atoms. The SMILES string of the molecule is Cn1cc(CN2CCCC(Nc3ccccc3)C2)cn1. The molecule has 3 rings (SSSR count). The summed E-state index contributed by atoms with van der Waals surface area (Å²) in [6.45, 7) is 3.28. The van der Waals surface area contributed by atoms with Crippen molar-refractivity contribution in [1.82, 2.24) is 14.7 Å². The average Bonchev–Trinajstić information content (AvgIpc) is 2.86. The van der Waals surface area contributed by atoms with Gasteiger partial charge in [0, 0.05) is 43.6 Å². The zero-order chi connectivity index (χ0) is 13.8. The predicted molar refractivity (Wildman–Crippen MR) is 81.6 cm³/mol. The molecular weight excluding hydrogens is 248 g/mol. The molecule has 1 fully saturated rings. The van der Waals surface area contributed by atoms with E-state index in [2.05, 4.69) is 51.8 Å². The van der Waals surface area contributed by atoms with Crippen LogP contribution in [-0.2, 0) is 13.6 Å². The van der Waals surface area contributed by atoms with Crippen molar-refractivity contribution in [3.8, 4) is 0 Å². The van der Waals surface area contributed by atoms with Crippen LogP contribution in [0.4, 0.5) is 5.69 Å².